The third-order valence-electron chi connectivity index (χ3n) is 4.57. The van der Waals surface area contributed by atoms with Gasteiger partial charge in [0, 0.05) is 18.2 Å². The summed E-state index contributed by atoms with van der Waals surface area (Å²) < 4.78 is 0. The zero-order chi connectivity index (χ0) is 19.6. The molecule has 0 heterocycles. The second kappa shape index (κ2) is 10.5. The normalized spacial score (nSPS) is 12.9. The highest BCUT2D eigenvalue weighted by Gasteiger charge is 2.16. The quantitative estimate of drug-likeness (QED) is 0.632. The molecule has 0 radical (unpaired) electrons. The van der Waals surface area contributed by atoms with Gasteiger partial charge in [-0.05, 0) is 31.0 Å². The zero-order valence-electron chi connectivity index (χ0n) is 16.4. The molecular formula is C22H30N3O2+. The number of quaternary nitrogens is 1. The van der Waals surface area contributed by atoms with Crippen molar-refractivity contribution < 1.29 is 14.5 Å². The van der Waals surface area contributed by atoms with E-state index in [1.807, 2.05) is 56.4 Å². The number of hydrogen-bond acceptors (Lipinski definition) is 2. The van der Waals surface area contributed by atoms with E-state index in [1.165, 1.54) is 5.56 Å². The van der Waals surface area contributed by atoms with Crippen molar-refractivity contribution in [3.05, 3.63) is 65.7 Å². The molecule has 5 nitrogen and oxygen atoms in total. The Bertz CT molecular complexity index is 729. The van der Waals surface area contributed by atoms with Gasteiger partial charge in [0.15, 0.2) is 13.1 Å². The van der Waals surface area contributed by atoms with Gasteiger partial charge >= 0.3 is 0 Å². The van der Waals surface area contributed by atoms with Gasteiger partial charge in [0.1, 0.15) is 0 Å². The first kappa shape index (κ1) is 20.6. The molecule has 2 aromatic carbocycles. The zero-order valence-corrected chi connectivity index (χ0v) is 16.4. The van der Waals surface area contributed by atoms with Gasteiger partial charge < -0.3 is 15.5 Å². The van der Waals surface area contributed by atoms with Crippen LogP contribution in [0.3, 0.4) is 0 Å². The molecule has 2 rings (SSSR count). The fourth-order valence-corrected chi connectivity index (χ4v) is 2.98. The summed E-state index contributed by atoms with van der Waals surface area (Å²) >= 11 is 0. The highest BCUT2D eigenvalue weighted by molar-refractivity contribution is 5.91. The third-order valence-corrected chi connectivity index (χ3v) is 4.57. The average Bonchev–Trinajstić information content (AvgIpc) is 2.64. The second-order valence-corrected chi connectivity index (χ2v) is 7.04. The van der Waals surface area contributed by atoms with E-state index in [0.29, 0.717) is 12.5 Å². The molecule has 2 amide bonds. The lowest BCUT2D eigenvalue weighted by molar-refractivity contribution is -0.862. The number of hydrogen-bond donors (Lipinski definition) is 3. The first-order valence-electron chi connectivity index (χ1n) is 9.47. The number of benzene rings is 2. The summed E-state index contributed by atoms with van der Waals surface area (Å²) in [5.41, 5.74) is 3.16. The highest BCUT2D eigenvalue weighted by atomic mass is 16.2. The topological polar surface area (TPSA) is 62.6 Å². The van der Waals surface area contributed by atoms with E-state index in [9.17, 15) is 9.59 Å². The number of amides is 2. The van der Waals surface area contributed by atoms with Gasteiger partial charge in [0.25, 0.3) is 11.8 Å². The molecule has 1 unspecified atom stereocenters. The van der Waals surface area contributed by atoms with E-state index in [4.69, 9.17) is 0 Å². The molecule has 3 N–H and O–H groups in total. The fraction of sp³-hybridized carbons (Fsp3) is 0.364. The first-order chi connectivity index (χ1) is 13.0. The number of carbonyl (C=O) groups is 2. The van der Waals surface area contributed by atoms with Crippen molar-refractivity contribution in [2.75, 3.05) is 32.0 Å². The Morgan fingerprint density at radius 1 is 0.963 bits per heavy atom. The maximum absolute atomic E-state index is 12.2. The Hall–Kier alpha value is -2.66. The Morgan fingerprint density at radius 3 is 2.22 bits per heavy atom. The van der Waals surface area contributed by atoms with Crippen LogP contribution < -0.4 is 15.5 Å². The summed E-state index contributed by atoms with van der Waals surface area (Å²) in [7, 11) is 1.85. The molecule has 27 heavy (non-hydrogen) atoms. The van der Waals surface area contributed by atoms with Crippen molar-refractivity contribution in [1.82, 2.24) is 5.32 Å². The van der Waals surface area contributed by atoms with Crippen molar-refractivity contribution in [2.45, 2.75) is 26.2 Å². The van der Waals surface area contributed by atoms with E-state index in [0.717, 1.165) is 22.6 Å². The van der Waals surface area contributed by atoms with Crippen LogP contribution in [-0.4, -0.2) is 38.5 Å². The van der Waals surface area contributed by atoms with Gasteiger partial charge in [0.05, 0.1) is 7.05 Å². The van der Waals surface area contributed by atoms with Crippen LogP contribution in [0.5, 0.6) is 0 Å². The van der Waals surface area contributed by atoms with E-state index >= 15 is 0 Å². The van der Waals surface area contributed by atoms with E-state index < -0.39 is 0 Å². The predicted molar refractivity (Wildman–Crippen MR) is 109 cm³/mol. The lowest BCUT2D eigenvalue weighted by atomic mass is 9.96. The number of carbonyl (C=O) groups excluding carboxylic acids is 2. The van der Waals surface area contributed by atoms with Gasteiger partial charge in [-0.2, -0.15) is 0 Å². The van der Waals surface area contributed by atoms with Gasteiger partial charge in [-0.25, -0.2) is 0 Å². The highest BCUT2D eigenvalue weighted by Crippen LogP contribution is 2.17. The van der Waals surface area contributed by atoms with Crippen molar-refractivity contribution in [1.29, 1.82) is 0 Å². The van der Waals surface area contributed by atoms with Crippen molar-refractivity contribution in [3.8, 4) is 0 Å². The largest absolute Gasteiger partial charge is 0.351 e. The first-order valence-corrected chi connectivity index (χ1v) is 9.47. The lowest BCUT2D eigenvalue weighted by Crippen LogP contribution is -3.11. The van der Waals surface area contributed by atoms with Gasteiger partial charge in [-0.1, -0.05) is 55.0 Å². The van der Waals surface area contributed by atoms with E-state index in [2.05, 4.69) is 29.7 Å². The van der Waals surface area contributed by atoms with Crippen LogP contribution in [0.2, 0.25) is 0 Å². The molecule has 5 heteroatoms. The second-order valence-electron chi connectivity index (χ2n) is 7.04. The van der Waals surface area contributed by atoms with E-state index in [-0.39, 0.29) is 24.9 Å². The Kier molecular flexibility index (Phi) is 8.01. The molecule has 0 saturated carbocycles. The van der Waals surface area contributed by atoms with Crippen molar-refractivity contribution in [3.63, 3.8) is 0 Å². The smallest absolute Gasteiger partial charge is 0.279 e. The summed E-state index contributed by atoms with van der Waals surface area (Å²) in [5.74, 6) is 0.171. The molecule has 2 aromatic rings. The van der Waals surface area contributed by atoms with Crippen LogP contribution in [0.25, 0.3) is 0 Å². The number of anilines is 1. The molecule has 0 fully saturated rings. The molecular weight excluding hydrogens is 338 g/mol. The minimum Gasteiger partial charge on any atom is -0.351 e. The van der Waals surface area contributed by atoms with Crippen molar-refractivity contribution in [2.24, 2.45) is 0 Å². The monoisotopic (exact) mass is 368 g/mol. The van der Waals surface area contributed by atoms with Crippen LogP contribution in [0.4, 0.5) is 5.69 Å². The minimum atomic E-state index is -0.0973. The van der Waals surface area contributed by atoms with Gasteiger partial charge in [-0.15, -0.1) is 0 Å². The molecule has 2 atom stereocenters. The Labute approximate surface area is 161 Å². The molecule has 0 aliphatic carbocycles. The van der Waals surface area contributed by atoms with E-state index in [1.54, 1.807) is 0 Å². The lowest BCUT2D eigenvalue weighted by Gasteiger charge is -2.18. The summed E-state index contributed by atoms with van der Waals surface area (Å²) in [5, 5.41) is 5.86. The van der Waals surface area contributed by atoms with Crippen LogP contribution >= 0.6 is 0 Å². The molecule has 0 spiro atoms. The summed E-state index contributed by atoms with van der Waals surface area (Å²) in [6.07, 6.45) is 0.964. The maximum Gasteiger partial charge on any atom is 0.279 e. The number of aryl methyl sites for hydroxylation is 1. The third kappa shape index (κ3) is 7.23. The van der Waals surface area contributed by atoms with Crippen molar-refractivity contribution >= 4 is 17.5 Å². The predicted octanol–water partition coefficient (Wildman–Crippen LogP) is 1.76. The SMILES string of the molecule is CC[C@H](CNC(=O)C[NH+](C)CC(=O)Nc1ccc(C)cc1)c1ccccc1. The summed E-state index contributed by atoms with van der Waals surface area (Å²) in [6.45, 7) is 5.26. The van der Waals surface area contributed by atoms with Crippen LogP contribution in [0.15, 0.2) is 54.6 Å². The van der Waals surface area contributed by atoms with Crippen LogP contribution in [0.1, 0.15) is 30.4 Å². The molecule has 0 bridgehead atoms. The minimum absolute atomic E-state index is 0.0370. The number of likely N-dealkylation sites (N-methyl/N-ethyl adjacent to an activating group) is 1. The molecule has 0 aromatic heterocycles. The number of rotatable bonds is 9. The van der Waals surface area contributed by atoms with Gasteiger partial charge in [0.2, 0.25) is 0 Å². The maximum atomic E-state index is 12.2. The van der Waals surface area contributed by atoms with Gasteiger partial charge in [-0.3, -0.25) is 9.59 Å². The Morgan fingerprint density at radius 2 is 1.59 bits per heavy atom. The fourth-order valence-electron chi connectivity index (χ4n) is 2.98. The molecule has 0 saturated heterocycles. The van der Waals surface area contributed by atoms with Crippen LogP contribution in [0, 0.1) is 6.92 Å². The molecule has 0 aliphatic heterocycles. The van der Waals surface area contributed by atoms with Crippen LogP contribution in [-0.2, 0) is 9.59 Å². The number of nitrogens with one attached hydrogen (secondary N) is 3. The Balaban J connectivity index is 1.74. The summed E-state index contributed by atoms with van der Waals surface area (Å²) in [6, 6.07) is 17.9. The standard InChI is InChI=1S/C22H29N3O2/c1-4-18(19-8-6-5-7-9-19)14-23-21(26)15-25(3)16-22(27)24-20-12-10-17(2)11-13-20/h5-13,18H,4,14-16H2,1-3H3,(H,23,26)(H,24,27)/p+1/t18-/m1/s1. The average molecular weight is 369 g/mol. The molecule has 0 aliphatic rings. The summed E-state index contributed by atoms with van der Waals surface area (Å²) in [4.78, 5) is 25.2. The molecule has 144 valence electrons.